The molecule has 1 atom stereocenters. The Labute approximate surface area is 213 Å². The summed E-state index contributed by atoms with van der Waals surface area (Å²) in [5, 5.41) is 1.03. The SMILES string of the molecule is C=C/C(=C\C)c1nc(N2CCOCC2C2CCCCC2)c2cc(-c3cc(C)c(=O)n(C)c3)ccc2n1. The van der Waals surface area contributed by atoms with Gasteiger partial charge < -0.3 is 14.2 Å². The van der Waals surface area contributed by atoms with Crippen LogP contribution >= 0.6 is 0 Å². The molecule has 2 aromatic heterocycles. The smallest absolute Gasteiger partial charge is 0.253 e. The lowest BCUT2D eigenvalue weighted by atomic mass is 9.83. The summed E-state index contributed by atoms with van der Waals surface area (Å²) in [6, 6.07) is 8.62. The van der Waals surface area contributed by atoms with E-state index < -0.39 is 0 Å². The van der Waals surface area contributed by atoms with E-state index in [1.54, 1.807) is 11.6 Å². The van der Waals surface area contributed by atoms with Crippen molar-refractivity contribution >= 4 is 22.3 Å². The van der Waals surface area contributed by atoms with Gasteiger partial charge in [0.1, 0.15) is 5.82 Å². The van der Waals surface area contributed by atoms with Crippen LogP contribution in [0.1, 0.15) is 50.4 Å². The molecule has 1 aliphatic heterocycles. The second-order valence-electron chi connectivity index (χ2n) is 10.1. The molecule has 3 heterocycles. The number of hydrogen-bond acceptors (Lipinski definition) is 5. The lowest BCUT2D eigenvalue weighted by Crippen LogP contribution is -2.50. The first-order chi connectivity index (χ1) is 17.5. The standard InChI is InChI=1S/C30H36N4O2/c1-5-21(6-2)28-31-26-13-12-23(24-16-20(3)30(35)33(4)18-24)17-25(26)29(32-28)34-14-15-36-19-27(34)22-10-8-7-9-11-22/h5-6,12-13,16-18,22,27H,1,7-11,14-15,19H2,2-4H3/b21-6+. The molecule has 2 fully saturated rings. The minimum Gasteiger partial charge on any atom is -0.377 e. The number of anilines is 1. The van der Waals surface area contributed by atoms with Gasteiger partial charge in [-0.2, -0.15) is 0 Å². The van der Waals surface area contributed by atoms with E-state index in [0.29, 0.717) is 24.4 Å². The fourth-order valence-electron chi connectivity index (χ4n) is 5.81. The van der Waals surface area contributed by atoms with Gasteiger partial charge in [-0.15, -0.1) is 0 Å². The number of aryl methyl sites for hydroxylation is 2. The summed E-state index contributed by atoms with van der Waals surface area (Å²) in [7, 11) is 1.80. The number of hydrogen-bond donors (Lipinski definition) is 0. The third kappa shape index (κ3) is 4.62. The van der Waals surface area contributed by atoms with Crippen molar-refractivity contribution in [3.63, 3.8) is 0 Å². The zero-order valence-corrected chi connectivity index (χ0v) is 21.7. The highest BCUT2D eigenvalue weighted by atomic mass is 16.5. The molecule has 0 bridgehead atoms. The average Bonchev–Trinajstić information content (AvgIpc) is 2.92. The molecule has 188 valence electrons. The van der Waals surface area contributed by atoms with Crippen LogP contribution in [-0.4, -0.2) is 40.3 Å². The molecule has 6 heteroatoms. The summed E-state index contributed by atoms with van der Waals surface area (Å²) < 4.78 is 7.66. The van der Waals surface area contributed by atoms with E-state index in [9.17, 15) is 4.79 Å². The molecular formula is C30H36N4O2. The first kappa shape index (κ1) is 24.4. The van der Waals surface area contributed by atoms with Crippen LogP contribution in [0.25, 0.3) is 27.6 Å². The first-order valence-electron chi connectivity index (χ1n) is 13.1. The van der Waals surface area contributed by atoms with E-state index in [2.05, 4.69) is 29.7 Å². The van der Waals surface area contributed by atoms with Gasteiger partial charge in [0, 0.05) is 36.3 Å². The molecule has 1 saturated heterocycles. The summed E-state index contributed by atoms with van der Waals surface area (Å²) in [6.45, 7) is 10.1. The number of morpholine rings is 1. The summed E-state index contributed by atoms with van der Waals surface area (Å²) in [5.41, 5.74) is 4.67. The highest BCUT2D eigenvalue weighted by Gasteiger charge is 2.33. The fraction of sp³-hybridized carbons (Fsp3) is 0.433. The van der Waals surface area contributed by atoms with Crippen molar-refractivity contribution in [2.75, 3.05) is 24.7 Å². The molecule has 0 spiro atoms. The summed E-state index contributed by atoms with van der Waals surface area (Å²) in [4.78, 5) is 24.9. The molecule has 1 unspecified atom stereocenters. The Hall–Kier alpha value is -3.25. The maximum absolute atomic E-state index is 12.3. The second-order valence-corrected chi connectivity index (χ2v) is 10.1. The van der Waals surface area contributed by atoms with Crippen LogP contribution in [0.3, 0.4) is 0 Å². The lowest BCUT2D eigenvalue weighted by molar-refractivity contribution is 0.0674. The van der Waals surface area contributed by atoms with E-state index in [-0.39, 0.29) is 5.56 Å². The molecule has 5 rings (SSSR count). The first-order valence-corrected chi connectivity index (χ1v) is 13.1. The van der Waals surface area contributed by atoms with Crippen molar-refractivity contribution in [3.05, 3.63) is 70.9 Å². The number of fused-ring (bicyclic) bond motifs is 1. The minimum atomic E-state index is 0.0279. The average molecular weight is 485 g/mol. The Balaban J connectivity index is 1.69. The van der Waals surface area contributed by atoms with Crippen LogP contribution in [0.2, 0.25) is 0 Å². The molecule has 1 saturated carbocycles. The van der Waals surface area contributed by atoms with Crippen molar-refractivity contribution in [3.8, 4) is 11.1 Å². The van der Waals surface area contributed by atoms with Gasteiger partial charge in [-0.05, 0) is 61.9 Å². The Morgan fingerprint density at radius 1 is 1.14 bits per heavy atom. The zero-order chi connectivity index (χ0) is 25.2. The molecule has 3 aromatic rings. The molecule has 1 aliphatic carbocycles. The van der Waals surface area contributed by atoms with Crippen LogP contribution in [0.4, 0.5) is 5.82 Å². The van der Waals surface area contributed by atoms with Gasteiger partial charge in [-0.25, -0.2) is 9.97 Å². The number of nitrogens with zero attached hydrogens (tertiary/aromatic N) is 4. The highest BCUT2D eigenvalue weighted by molar-refractivity contribution is 5.94. The Bertz CT molecular complexity index is 1340. The third-order valence-electron chi connectivity index (χ3n) is 7.79. The Morgan fingerprint density at radius 3 is 2.67 bits per heavy atom. The van der Waals surface area contributed by atoms with Crippen molar-refractivity contribution in [2.45, 2.75) is 52.0 Å². The minimum absolute atomic E-state index is 0.0279. The number of allylic oxidation sites excluding steroid dienone is 3. The predicted molar refractivity (Wildman–Crippen MR) is 147 cm³/mol. The fourth-order valence-corrected chi connectivity index (χ4v) is 5.81. The van der Waals surface area contributed by atoms with Gasteiger partial charge in [0.15, 0.2) is 5.82 Å². The largest absolute Gasteiger partial charge is 0.377 e. The number of ether oxygens (including phenoxy) is 1. The molecule has 0 N–H and O–H groups in total. The summed E-state index contributed by atoms with van der Waals surface area (Å²) >= 11 is 0. The van der Waals surface area contributed by atoms with E-state index in [0.717, 1.165) is 52.1 Å². The normalized spacial score (nSPS) is 19.6. The van der Waals surface area contributed by atoms with Gasteiger partial charge in [0.25, 0.3) is 5.56 Å². The molecule has 0 radical (unpaired) electrons. The predicted octanol–water partition coefficient (Wildman–Crippen LogP) is 5.68. The van der Waals surface area contributed by atoms with Crippen LogP contribution in [-0.2, 0) is 11.8 Å². The lowest BCUT2D eigenvalue weighted by Gasteiger charge is -2.42. The van der Waals surface area contributed by atoms with Gasteiger partial charge in [-0.3, -0.25) is 4.79 Å². The molecule has 0 amide bonds. The molecule has 36 heavy (non-hydrogen) atoms. The highest BCUT2D eigenvalue weighted by Crippen LogP contribution is 2.36. The number of benzene rings is 1. The van der Waals surface area contributed by atoms with Gasteiger partial charge in [0.2, 0.25) is 0 Å². The van der Waals surface area contributed by atoms with Crippen molar-refractivity contribution < 1.29 is 4.74 Å². The Kier molecular flexibility index (Phi) is 7.06. The van der Waals surface area contributed by atoms with Crippen molar-refractivity contribution in [1.82, 2.24) is 14.5 Å². The maximum Gasteiger partial charge on any atom is 0.253 e. The van der Waals surface area contributed by atoms with E-state index in [1.807, 2.05) is 38.3 Å². The number of aromatic nitrogens is 3. The van der Waals surface area contributed by atoms with Crippen LogP contribution in [0.5, 0.6) is 0 Å². The van der Waals surface area contributed by atoms with Crippen LogP contribution in [0.15, 0.2) is 54.0 Å². The van der Waals surface area contributed by atoms with Crippen LogP contribution < -0.4 is 10.5 Å². The van der Waals surface area contributed by atoms with Gasteiger partial charge >= 0.3 is 0 Å². The molecule has 1 aromatic carbocycles. The molecule has 2 aliphatic rings. The van der Waals surface area contributed by atoms with E-state index in [4.69, 9.17) is 14.7 Å². The molecule has 6 nitrogen and oxygen atoms in total. The quantitative estimate of drug-likeness (QED) is 0.436. The topological polar surface area (TPSA) is 60.3 Å². The summed E-state index contributed by atoms with van der Waals surface area (Å²) in [6.07, 6.45) is 12.1. The zero-order valence-electron chi connectivity index (χ0n) is 21.7. The van der Waals surface area contributed by atoms with Gasteiger partial charge in [-0.1, -0.05) is 44.1 Å². The monoisotopic (exact) mass is 484 g/mol. The maximum atomic E-state index is 12.3. The second kappa shape index (κ2) is 10.4. The van der Waals surface area contributed by atoms with Gasteiger partial charge in [0.05, 0.1) is 24.8 Å². The van der Waals surface area contributed by atoms with E-state index in [1.165, 1.54) is 32.1 Å². The van der Waals surface area contributed by atoms with Crippen LogP contribution in [0, 0.1) is 12.8 Å². The molecular weight excluding hydrogens is 448 g/mol. The van der Waals surface area contributed by atoms with Crippen molar-refractivity contribution in [1.29, 1.82) is 0 Å². The van der Waals surface area contributed by atoms with E-state index >= 15 is 0 Å². The Morgan fingerprint density at radius 2 is 1.94 bits per heavy atom. The third-order valence-corrected chi connectivity index (χ3v) is 7.79. The summed E-state index contributed by atoms with van der Waals surface area (Å²) in [5.74, 6) is 2.29. The number of pyridine rings is 1. The van der Waals surface area contributed by atoms with Crippen molar-refractivity contribution in [2.24, 2.45) is 13.0 Å². The number of rotatable bonds is 5.